The smallest absolute Gasteiger partial charge is 0.186 e. The van der Waals surface area contributed by atoms with Gasteiger partial charge in [0.1, 0.15) is 5.60 Å². The molecule has 2 aliphatic heterocycles. The van der Waals surface area contributed by atoms with Gasteiger partial charge in [-0.25, -0.2) is 0 Å². The number of ether oxygens (including phenoxy) is 2. The van der Waals surface area contributed by atoms with Crippen molar-refractivity contribution in [2.24, 2.45) is 0 Å². The van der Waals surface area contributed by atoms with Crippen molar-refractivity contribution < 1.29 is 14.6 Å². The summed E-state index contributed by atoms with van der Waals surface area (Å²) in [6, 6.07) is 0. The monoisotopic (exact) mass is 199 g/mol. The van der Waals surface area contributed by atoms with Gasteiger partial charge in [0, 0.05) is 19.5 Å². The van der Waals surface area contributed by atoms with Crippen LogP contribution in [0.4, 0.5) is 0 Å². The van der Waals surface area contributed by atoms with Gasteiger partial charge in [0.15, 0.2) is 5.88 Å². The van der Waals surface area contributed by atoms with Gasteiger partial charge >= 0.3 is 0 Å². The minimum atomic E-state index is -0.409. The number of hydrogen-bond donors (Lipinski definition) is 1. The van der Waals surface area contributed by atoms with Gasteiger partial charge in [0.2, 0.25) is 0 Å². The third-order valence-corrected chi connectivity index (χ3v) is 2.72. The molecule has 0 aromatic carbocycles. The van der Waals surface area contributed by atoms with E-state index in [-0.39, 0.29) is 6.61 Å². The molecule has 0 radical (unpaired) electrons. The lowest BCUT2D eigenvalue weighted by Crippen LogP contribution is -2.38. The van der Waals surface area contributed by atoms with Crippen LogP contribution in [-0.2, 0) is 9.47 Å². The molecule has 1 atom stereocenters. The van der Waals surface area contributed by atoms with Crippen molar-refractivity contribution in [2.45, 2.75) is 18.9 Å². The van der Waals surface area contributed by atoms with Crippen LogP contribution in [0.2, 0.25) is 0 Å². The molecule has 0 spiro atoms. The topological polar surface area (TPSA) is 41.9 Å². The van der Waals surface area contributed by atoms with E-state index in [1.54, 1.807) is 0 Å². The summed E-state index contributed by atoms with van der Waals surface area (Å²) >= 11 is 0. The van der Waals surface area contributed by atoms with Crippen LogP contribution in [0.15, 0.2) is 12.0 Å². The van der Waals surface area contributed by atoms with Gasteiger partial charge in [-0.2, -0.15) is 0 Å². The summed E-state index contributed by atoms with van der Waals surface area (Å²) in [5.41, 5.74) is -0.409. The van der Waals surface area contributed by atoms with Crippen molar-refractivity contribution in [1.29, 1.82) is 0 Å². The summed E-state index contributed by atoms with van der Waals surface area (Å²) < 4.78 is 11.0. The largest absolute Gasteiger partial charge is 0.470 e. The fraction of sp³-hybridized carbons (Fsp3) is 0.800. The summed E-state index contributed by atoms with van der Waals surface area (Å²) in [5, 5.41) is 9.14. The van der Waals surface area contributed by atoms with Crippen molar-refractivity contribution >= 4 is 0 Å². The van der Waals surface area contributed by atoms with Crippen molar-refractivity contribution in [3.8, 4) is 0 Å². The molecule has 1 N–H and O–H groups in total. The van der Waals surface area contributed by atoms with E-state index in [2.05, 4.69) is 11.0 Å². The van der Waals surface area contributed by atoms with Crippen LogP contribution >= 0.6 is 0 Å². The Bertz CT molecular complexity index is 236. The van der Waals surface area contributed by atoms with Gasteiger partial charge in [-0.05, 0) is 13.0 Å². The minimum absolute atomic E-state index is 0.0668. The van der Waals surface area contributed by atoms with E-state index in [1.807, 2.05) is 6.92 Å². The Kier molecular flexibility index (Phi) is 2.65. The Morgan fingerprint density at radius 2 is 2.21 bits per heavy atom. The van der Waals surface area contributed by atoms with Crippen molar-refractivity contribution in [1.82, 2.24) is 4.90 Å². The molecule has 4 nitrogen and oxygen atoms in total. The van der Waals surface area contributed by atoms with E-state index >= 15 is 0 Å². The summed E-state index contributed by atoms with van der Waals surface area (Å²) in [5.74, 6) is 0.907. The van der Waals surface area contributed by atoms with E-state index in [0.717, 1.165) is 38.6 Å². The van der Waals surface area contributed by atoms with E-state index < -0.39 is 5.60 Å². The number of aliphatic hydroxyl groups is 1. The molecular formula is C10H17NO3. The molecule has 0 amide bonds. The van der Waals surface area contributed by atoms with Crippen LogP contribution in [0.3, 0.4) is 0 Å². The van der Waals surface area contributed by atoms with Gasteiger partial charge in [0.05, 0.1) is 19.8 Å². The second-order valence-electron chi connectivity index (χ2n) is 4.06. The molecule has 2 aliphatic rings. The number of aliphatic hydroxyl groups excluding tert-OH is 1. The quantitative estimate of drug-likeness (QED) is 0.696. The SMILES string of the molecule is CC1(CO)CC=C(N2CCOCC2)O1. The normalized spacial score (nSPS) is 32.7. The molecule has 14 heavy (non-hydrogen) atoms. The molecule has 1 fully saturated rings. The summed E-state index contributed by atoms with van der Waals surface area (Å²) in [7, 11) is 0. The first-order valence-electron chi connectivity index (χ1n) is 5.06. The van der Waals surface area contributed by atoms with E-state index in [9.17, 15) is 0 Å². The molecule has 0 bridgehead atoms. The Balaban J connectivity index is 1.93. The van der Waals surface area contributed by atoms with Gasteiger partial charge in [-0.3, -0.25) is 0 Å². The Morgan fingerprint density at radius 1 is 1.50 bits per heavy atom. The second kappa shape index (κ2) is 3.79. The predicted octanol–water partition coefficient (Wildman–Crippen LogP) is 0.331. The van der Waals surface area contributed by atoms with Crippen LogP contribution in [-0.4, -0.2) is 48.5 Å². The third-order valence-electron chi connectivity index (χ3n) is 2.72. The fourth-order valence-corrected chi connectivity index (χ4v) is 1.71. The lowest BCUT2D eigenvalue weighted by molar-refractivity contribution is -0.0534. The summed E-state index contributed by atoms with van der Waals surface area (Å²) in [6.07, 6.45) is 2.84. The average molecular weight is 199 g/mol. The lowest BCUT2D eigenvalue weighted by atomic mass is 10.1. The molecule has 2 rings (SSSR count). The van der Waals surface area contributed by atoms with Crippen LogP contribution in [0, 0.1) is 0 Å². The summed E-state index contributed by atoms with van der Waals surface area (Å²) in [6.45, 7) is 5.28. The molecule has 0 aromatic heterocycles. The standard InChI is InChI=1S/C10H17NO3/c1-10(8-12)3-2-9(14-10)11-4-6-13-7-5-11/h2,12H,3-8H2,1H3. The molecule has 2 heterocycles. The maximum absolute atomic E-state index is 9.14. The first-order valence-corrected chi connectivity index (χ1v) is 5.06. The Hall–Kier alpha value is -0.740. The molecular weight excluding hydrogens is 182 g/mol. The maximum Gasteiger partial charge on any atom is 0.186 e. The van der Waals surface area contributed by atoms with Crippen LogP contribution < -0.4 is 0 Å². The fourth-order valence-electron chi connectivity index (χ4n) is 1.71. The van der Waals surface area contributed by atoms with Crippen LogP contribution in [0.25, 0.3) is 0 Å². The number of nitrogens with zero attached hydrogens (tertiary/aromatic N) is 1. The first kappa shape index (κ1) is 9.80. The number of rotatable bonds is 2. The zero-order valence-electron chi connectivity index (χ0n) is 8.53. The molecule has 0 aliphatic carbocycles. The highest BCUT2D eigenvalue weighted by molar-refractivity contribution is 5.06. The van der Waals surface area contributed by atoms with Crippen molar-refractivity contribution in [3.05, 3.63) is 12.0 Å². The second-order valence-corrected chi connectivity index (χ2v) is 4.06. The highest BCUT2D eigenvalue weighted by Gasteiger charge is 2.33. The third kappa shape index (κ3) is 1.86. The van der Waals surface area contributed by atoms with E-state index in [1.165, 1.54) is 0 Å². The van der Waals surface area contributed by atoms with E-state index in [4.69, 9.17) is 14.6 Å². The van der Waals surface area contributed by atoms with E-state index in [0.29, 0.717) is 0 Å². The number of hydrogen-bond acceptors (Lipinski definition) is 4. The average Bonchev–Trinajstić information content (AvgIpc) is 2.63. The minimum Gasteiger partial charge on any atom is -0.470 e. The highest BCUT2D eigenvalue weighted by Crippen LogP contribution is 2.29. The van der Waals surface area contributed by atoms with Gasteiger partial charge in [0.25, 0.3) is 0 Å². The Labute approximate surface area is 84.1 Å². The molecule has 0 aromatic rings. The zero-order chi connectivity index (χ0) is 10.0. The molecule has 0 saturated carbocycles. The first-order chi connectivity index (χ1) is 6.73. The molecule has 1 unspecified atom stereocenters. The van der Waals surface area contributed by atoms with Gasteiger partial charge in [-0.15, -0.1) is 0 Å². The molecule has 1 saturated heterocycles. The van der Waals surface area contributed by atoms with Gasteiger partial charge in [-0.1, -0.05) is 0 Å². The molecule has 80 valence electrons. The van der Waals surface area contributed by atoms with Crippen LogP contribution in [0.1, 0.15) is 13.3 Å². The van der Waals surface area contributed by atoms with Crippen LogP contribution in [0.5, 0.6) is 0 Å². The Morgan fingerprint density at radius 3 is 2.79 bits per heavy atom. The number of morpholine rings is 1. The van der Waals surface area contributed by atoms with Crippen molar-refractivity contribution in [3.63, 3.8) is 0 Å². The molecule has 4 heteroatoms. The maximum atomic E-state index is 9.14. The highest BCUT2D eigenvalue weighted by atomic mass is 16.5. The lowest BCUT2D eigenvalue weighted by Gasteiger charge is -2.32. The summed E-state index contributed by atoms with van der Waals surface area (Å²) in [4.78, 5) is 2.17. The zero-order valence-corrected chi connectivity index (χ0v) is 8.53. The van der Waals surface area contributed by atoms with Gasteiger partial charge < -0.3 is 19.5 Å². The van der Waals surface area contributed by atoms with Crippen molar-refractivity contribution in [2.75, 3.05) is 32.9 Å². The predicted molar refractivity (Wildman–Crippen MR) is 51.7 cm³/mol.